The largest absolute Gasteiger partial charge is 0.278 e. The van der Waals surface area contributed by atoms with Gasteiger partial charge in [0, 0.05) is 22.5 Å². The van der Waals surface area contributed by atoms with Gasteiger partial charge in [0.15, 0.2) is 0 Å². The van der Waals surface area contributed by atoms with Gasteiger partial charge in [-0.25, -0.2) is 9.97 Å². The molecule has 0 aliphatic carbocycles. The van der Waals surface area contributed by atoms with E-state index in [1.54, 1.807) is 0 Å². The molecule has 172 valence electrons. The molecule has 8 aromatic rings. The van der Waals surface area contributed by atoms with E-state index in [2.05, 4.69) is 102 Å². The zero-order valence-corrected chi connectivity index (χ0v) is 20.0. The topological polar surface area (TPSA) is 30.7 Å². The average Bonchev–Trinajstić information content (AvgIpc) is 3.30. The van der Waals surface area contributed by atoms with Gasteiger partial charge in [0.1, 0.15) is 0 Å². The van der Waals surface area contributed by atoms with Crippen LogP contribution in [-0.2, 0) is 0 Å². The first kappa shape index (κ1) is 20.2. The normalized spacial score (nSPS) is 11.8. The van der Waals surface area contributed by atoms with Crippen LogP contribution in [0.15, 0.2) is 128 Å². The first-order valence-electron chi connectivity index (χ1n) is 12.5. The number of hydrogen-bond acceptors (Lipinski definition) is 2. The molecule has 0 aliphatic heterocycles. The van der Waals surface area contributed by atoms with Crippen LogP contribution in [0.3, 0.4) is 0 Å². The second-order valence-electron chi connectivity index (χ2n) is 9.47. The van der Waals surface area contributed by atoms with E-state index in [4.69, 9.17) is 9.97 Å². The first-order chi connectivity index (χ1) is 18.4. The maximum absolute atomic E-state index is 5.03. The Morgan fingerprint density at radius 1 is 0.432 bits per heavy atom. The van der Waals surface area contributed by atoms with Crippen molar-refractivity contribution in [2.45, 2.75) is 0 Å². The van der Waals surface area contributed by atoms with E-state index in [1.807, 2.05) is 30.5 Å². The molecule has 0 radical (unpaired) electrons. The van der Waals surface area contributed by atoms with Gasteiger partial charge in [-0.05, 0) is 56.6 Å². The highest BCUT2D eigenvalue weighted by Crippen LogP contribution is 2.40. The Labute approximate surface area is 213 Å². The molecule has 6 aromatic carbocycles. The lowest BCUT2D eigenvalue weighted by Gasteiger charge is -2.12. The van der Waals surface area contributed by atoms with Crippen molar-refractivity contribution < 1.29 is 0 Å². The maximum Gasteiger partial charge on any atom is 0.235 e. The van der Waals surface area contributed by atoms with Crippen LogP contribution in [0.25, 0.3) is 71.3 Å². The van der Waals surface area contributed by atoms with Crippen molar-refractivity contribution in [3.63, 3.8) is 0 Å². The van der Waals surface area contributed by atoms with Gasteiger partial charge < -0.3 is 0 Å². The summed E-state index contributed by atoms with van der Waals surface area (Å²) in [7, 11) is 0. The molecule has 0 atom stereocenters. The fourth-order valence-corrected chi connectivity index (χ4v) is 5.81. The van der Waals surface area contributed by atoms with Crippen molar-refractivity contribution in [3.05, 3.63) is 128 Å². The Kier molecular flexibility index (Phi) is 4.23. The van der Waals surface area contributed by atoms with E-state index in [9.17, 15) is 0 Å². The lowest BCUT2D eigenvalue weighted by Crippen LogP contribution is -2.01. The Balaban J connectivity index is 1.53. The standard InChI is InChI=1S/C34H21N3/c1-2-10-22(11-3-1)31-18-19-35-34(36-31)37-32-17-9-8-16-27(32)30-20-28-25-14-6-4-12-23(25)24-13-5-7-15-26(24)29(28)21-33(30)37/h1-21H. The minimum Gasteiger partial charge on any atom is -0.278 e. The average molecular weight is 472 g/mol. The molecule has 0 aliphatic rings. The predicted octanol–water partition coefficient (Wildman–Crippen LogP) is 8.70. The fourth-order valence-electron chi connectivity index (χ4n) is 5.81. The number of fused-ring (bicyclic) bond motifs is 9. The molecular weight excluding hydrogens is 450 g/mol. The van der Waals surface area contributed by atoms with E-state index in [1.165, 1.54) is 43.1 Å². The molecule has 0 saturated heterocycles. The number of benzene rings is 6. The Morgan fingerprint density at radius 3 is 1.70 bits per heavy atom. The summed E-state index contributed by atoms with van der Waals surface area (Å²) >= 11 is 0. The summed E-state index contributed by atoms with van der Waals surface area (Å²) in [6.07, 6.45) is 1.86. The lowest BCUT2D eigenvalue weighted by molar-refractivity contribution is 0.992. The summed E-state index contributed by atoms with van der Waals surface area (Å²) in [5, 5.41) is 10.0. The summed E-state index contributed by atoms with van der Waals surface area (Å²) in [6, 6.07) is 42.9. The Bertz CT molecular complexity index is 2140. The van der Waals surface area contributed by atoms with Crippen molar-refractivity contribution in [2.24, 2.45) is 0 Å². The molecule has 2 aromatic heterocycles. The van der Waals surface area contributed by atoms with E-state index in [0.29, 0.717) is 5.95 Å². The van der Waals surface area contributed by atoms with E-state index >= 15 is 0 Å². The van der Waals surface area contributed by atoms with Crippen LogP contribution in [-0.4, -0.2) is 14.5 Å². The highest BCUT2D eigenvalue weighted by Gasteiger charge is 2.17. The summed E-state index contributed by atoms with van der Waals surface area (Å²) in [6.45, 7) is 0. The second-order valence-corrected chi connectivity index (χ2v) is 9.47. The van der Waals surface area contributed by atoms with Crippen LogP contribution in [0.4, 0.5) is 0 Å². The van der Waals surface area contributed by atoms with Gasteiger partial charge in [-0.15, -0.1) is 0 Å². The van der Waals surface area contributed by atoms with Gasteiger partial charge >= 0.3 is 0 Å². The summed E-state index contributed by atoms with van der Waals surface area (Å²) in [5.41, 5.74) is 4.20. The molecular formula is C34H21N3. The van der Waals surface area contributed by atoms with Crippen LogP contribution in [0.5, 0.6) is 0 Å². The third kappa shape index (κ3) is 2.95. The van der Waals surface area contributed by atoms with E-state index < -0.39 is 0 Å². The van der Waals surface area contributed by atoms with Gasteiger partial charge in [0.2, 0.25) is 5.95 Å². The summed E-state index contributed by atoms with van der Waals surface area (Å²) in [5.74, 6) is 0.678. The molecule has 37 heavy (non-hydrogen) atoms. The zero-order valence-electron chi connectivity index (χ0n) is 20.0. The van der Waals surface area contributed by atoms with Crippen LogP contribution in [0.1, 0.15) is 0 Å². The van der Waals surface area contributed by atoms with Crippen molar-refractivity contribution in [2.75, 3.05) is 0 Å². The minimum absolute atomic E-state index is 0.678. The van der Waals surface area contributed by atoms with Gasteiger partial charge in [-0.3, -0.25) is 4.57 Å². The smallest absolute Gasteiger partial charge is 0.235 e. The third-order valence-electron chi connectivity index (χ3n) is 7.45. The lowest BCUT2D eigenvalue weighted by atomic mass is 9.93. The summed E-state index contributed by atoms with van der Waals surface area (Å²) < 4.78 is 2.21. The van der Waals surface area contributed by atoms with Gasteiger partial charge in [-0.2, -0.15) is 0 Å². The summed E-state index contributed by atoms with van der Waals surface area (Å²) in [4.78, 5) is 9.78. The van der Waals surface area contributed by atoms with Crippen LogP contribution in [0.2, 0.25) is 0 Å². The van der Waals surface area contributed by atoms with E-state index in [-0.39, 0.29) is 0 Å². The number of aromatic nitrogens is 3. The predicted molar refractivity (Wildman–Crippen MR) is 154 cm³/mol. The number of para-hydroxylation sites is 1. The monoisotopic (exact) mass is 471 g/mol. The Hall–Kier alpha value is -5.02. The number of hydrogen-bond donors (Lipinski definition) is 0. The van der Waals surface area contributed by atoms with Crippen molar-refractivity contribution in [3.8, 4) is 17.2 Å². The second kappa shape index (κ2) is 7.74. The van der Waals surface area contributed by atoms with E-state index in [0.717, 1.165) is 22.3 Å². The maximum atomic E-state index is 5.03. The quantitative estimate of drug-likeness (QED) is 0.236. The molecule has 0 fully saturated rings. The van der Waals surface area contributed by atoms with Gasteiger partial charge in [0.05, 0.1) is 16.7 Å². The van der Waals surface area contributed by atoms with Crippen molar-refractivity contribution in [1.82, 2.24) is 14.5 Å². The van der Waals surface area contributed by atoms with Gasteiger partial charge in [-0.1, -0.05) is 97.1 Å². The van der Waals surface area contributed by atoms with Crippen molar-refractivity contribution in [1.29, 1.82) is 0 Å². The minimum atomic E-state index is 0.678. The first-order valence-corrected chi connectivity index (χ1v) is 12.5. The van der Waals surface area contributed by atoms with Crippen LogP contribution >= 0.6 is 0 Å². The Morgan fingerprint density at radius 2 is 1.00 bits per heavy atom. The number of nitrogens with zero attached hydrogens (tertiary/aromatic N) is 3. The van der Waals surface area contributed by atoms with Crippen molar-refractivity contribution >= 4 is 54.1 Å². The molecule has 0 unspecified atom stereocenters. The van der Waals surface area contributed by atoms with Crippen LogP contribution < -0.4 is 0 Å². The van der Waals surface area contributed by atoms with Gasteiger partial charge in [0.25, 0.3) is 0 Å². The molecule has 0 spiro atoms. The number of rotatable bonds is 2. The molecule has 2 heterocycles. The molecule has 0 bridgehead atoms. The molecule has 0 amide bonds. The van der Waals surface area contributed by atoms with Crippen LogP contribution in [0, 0.1) is 0 Å². The zero-order chi connectivity index (χ0) is 24.3. The highest BCUT2D eigenvalue weighted by molar-refractivity contribution is 6.28. The molecule has 8 rings (SSSR count). The SMILES string of the molecule is c1ccc(-c2ccnc(-n3c4ccccc4c4cc5c6ccccc6c6ccccc6c5cc43)n2)cc1. The fraction of sp³-hybridized carbons (Fsp3) is 0. The third-order valence-corrected chi connectivity index (χ3v) is 7.45. The molecule has 3 heteroatoms. The molecule has 0 saturated carbocycles. The molecule has 3 nitrogen and oxygen atoms in total. The molecule has 0 N–H and O–H groups in total. The highest BCUT2D eigenvalue weighted by atomic mass is 15.2.